The molecular formula is C14H8BrClN2O2. The molecule has 0 amide bonds. The molecule has 0 fully saturated rings. The lowest BCUT2D eigenvalue weighted by atomic mass is 10.2. The summed E-state index contributed by atoms with van der Waals surface area (Å²) in [7, 11) is 0. The molecule has 2 N–H and O–H groups in total. The van der Waals surface area contributed by atoms with Crippen molar-refractivity contribution in [2.75, 3.05) is 0 Å². The van der Waals surface area contributed by atoms with Crippen molar-refractivity contribution >= 4 is 44.5 Å². The van der Waals surface area contributed by atoms with Crippen LogP contribution in [0, 0.1) is 0 Å². The normalized spacial score (nSPS) is 10.9. The van der Waals surface area contributed by atoms with Crippen LogP contribution in [0.4, 0.5) is 0 Å². The fourth-order valence-electron chi connectivity index (χ4n) is 2.01. The zero-order chi connectivity index (χ0) is 14.3. The molecule has 0 bridgehead atoms. The van der Waals surface area contributed by atoms with Crippen LogP contribution < -0.4 is 0 Å². The van der Waals surface area contributed by atoms with E-state index in [0.717, 1.165) is 4.47 Å². The van der Waals surface area contributed by atoms with E-state index >= 15 is 0 Å². The monoisotopic (exact) mass is 350 g/mol. The summed E-state index contributed by atoms with van der Waals surface area (Å²) in [6.07, 6.45) is 0. The lowest BCUT2D eigenvalue weighted by Crippen LogP contribution is -1.96. The van der Waals surface area contributed by atoms with Gasteiger partial charge < -0.3 is 10.1 Å². The number of benzene rings is 2. The minimum atomic E-state index is -1.01. The van der Waals surface area contributed by atoms with E-state index in [1.54, 1.807) is 18.2 Å². The van der Waals surface area contributed by atoms with Crippen LogP contribution in [0.3, 0.4) is 0 Å². The van der Waals surface area contributed by atoms with E-state index in [1.165, 1.54) is 6.07 Å². The topological polar surface area (TPSA) is 66.0 Å². The number of nitrogens with one attached hydrogen (secondary N) is 1. The molecule has 0 radical (unpaired) electrons. The molecule has 20 heavy (non-hydrogen) atoms. The van der Waals surface area contributed by atoms with Crippen molar-refractivity contribution in [3.8, 4) is 11.4 Å². The van der Waals surface area contributed by atoms with Crippen molar-refractivity contribution < 1.29 is 9.90 Å². The van der Waals surface area contributed by atoms with Crippen LogP contribution in [0.2, 0.25) is 5.02 Å². The summed E-state index contributed by atoms with van der Waals surface area (Å²) in [5, 5.41) is 9.72. The fraction of sp³-hybridized carbons (Fsp3) is 0. The van der Waals surface area contributed by atoms with E-state index in [9.17, 15) is 9.90 Å². The van der Waals surface area contributed by atoms with Crippen molar-refractivity contribution in [2.24, 2.45) is 0 Å². The van der Waals surface area contributed by atoms with Gasteiger partial charge >= 0.3 is 5.97 Å². The number of aromatic amines is 1. The Bertz CT molecular complexity index is 829. The average Bonchev–Trinajstić information content (AvgIpc) is 2.84. The van der Waals surface area contributed by atoms with Crippen LogP contribution in [-0.2, 0) is 0 Å². The van der Waals surface area contributed by atoms with Gasteiger partial charge in [-0.05, 0) is 30.3 Å². The predicted molar refractivity (Wildman–Crippen MR) is 81.2 cm³/mol. The largest absolute Gasteiger partial charge is 0.478 e. The summed E-state index contributed by atoms with van der Waals surface area (Å²) in [5.41, 5.74) is 1.96. The van der Waals surface area contributed by atoms with Gasteiger partial charge in [0.1, 0.15) is 11.3 Å². The van der Waals surface area contributed by atoms with Gasteiger partial charge in [-0.1, -0.05) is 33.6 Å². The average molecular weight is 352 g/mol. The molecule has 0 aliphatic heterocycles. The quantitative estimate of drug-likeness (QED) is 0.721. The number of fused-ring (bicyclic) bond motifs is 1. The Hall–Kier alpha value is -1.85. The van der Waals surface area contributed by atoms with E-state index in [2.05, 4.69) is 25.9 Å². The third kappa shape index (κ3) is 2.19. The summed E-state index contributed by atoms with van der Waals surface area (Å²) in [6, 6.07) is 10.4. The molecular weight excluding hydrogens is 344 g/mol. The summed E-state index contributed by atoms with van der Waals surface area (Å²) in [5.74, 6) is -0.464. The Kier molecular flexibility index (Phi) is 3.23. The minimum Gasteiger partial charge on any atom is -0.478 e. The number of carbonyl (C=O) groups is 1. The predicted octanol–water partition coefficient (Wildman–Crippen LogP) is 4.34. The van der Waals surface area contributed by atoms with Crippen molar-refractivity contribution in [1.29, 1.82) is 0 Å². The van der Waals surface area contributed by atoms with Gasteiger partial charge in [0.15, 0.2) is 0 Å². The second-order valence-electron chi connectivity index (χ2n) is 4.22. The number of hydrogen-bond donors (Lipinski definition) is 2. The number of halogens is 2. The van der Waals surface area contributed by atoms with Crippen LogP contribution in [0.1, 0.15) is 10.4 Å². The number of para-hydroxylation sites is 1. The van der Waals surface area contributed by atoms with Gasteiger partial charge in [-0.3, -0.25) is 0 Å². The third-order valence-corrected chi connectivity index (χ3v) is 3.75. The lowest BCUT2D eigenvalue weighted by Gasteiger charge is -2.00. The molecule has 0 aliphatic carbocycles. The number of aromatic nitrogens is 2. The molecule has 3 rings (SSSR count). The Balaban J connectivity index is 2.26. The lowest BCUT2D eigenvalue weighted by molar-refractivity contribution is 0.0699. The molecule has 0 atom stereocenters. The highest BCUT2D eigenvalue weighted by atomic mass is 79.9. The van der Waals surface area contributed by atoms with Crippen molar-refractivity contribution in [2.45, 2.75) is 0 Å². The van der Waals surface area contributed by atoms with Crippen LogP contribution in [0.15, 0.2) is 40.9 Å². The maximum absolute atomic E-state index is 11.2. The number of carboxylic acids is 1. The van der Waals surface area contributed by atoms with Gasteiger partial charge in [0.05, 0.1) is 16.1 Å². The van der Waals surface area contributed by atoms with Crippen LogP contribution >= 0.6 is 27.5 Å². The van der Waals surface area contributed by atoms with Crippen molar-refractivity contribution in [1.82, 2.24) is 9.97 Å². The molecule has 0 spiro atoms. The molecule has 0 saturated carbocycles. The Morgan fingerprint density at radius 1 is 1.30 bits per heavy atom. The minimum absolute atomic E-state index is 0.163. The van der Waals surface area contributed by atoms with Gasteiger partial charge in [0.25, 0.3) is 0 Å². The maximum atomic E-state index is 11.2. The smallest absolute Gasteiger partial charge is 0.337 e. The van der Waals surface area contributed by atoms with Gasteiger partial charge in [-0.15, -0.1) is 0 Å². The van der Waals surface area contributed by atoms with E-state index in [0.29, 0.717) is 27.4 Å². The summed E-state index contributed by atoms with van der Waals surface area (Å²) in [4.78, 5) is 18.7. The summed E-state index contributed by atoms with van der Waals surface area (Å²) >= 11 is 9.54. The second kappa shape index (κ2) is 4.92. The number of H-pyrrole nitrogens is 1. The molecule has 1 aromatic heterocycles. The van der Waals surface area contributed by atoms with Crippen LogP contribution in [0.5, 0.6) is 0 Å². The Labute approximate surface area is 127 Å². The van der Waals surface area contributed by atoms with Crippen molar-refractivity contribution in [3.63, 3.8) is 0 Å². The molecule has 6 heteroatoms. The Morgan fingerprint density at radius 2 is 2.10 bits per heavy atom. The van der Waals surface area contributed by atoms with Gasteiger partial charge in [0.2, 0.25) is 0 Å². The maximum Gasteiger partial charge on any atom is 0.337 e. The highest BCUT2D eigenvalue weighted by molar-refractivity contribution is 9.10. The molecule has 3 aromatic rings. The first-order chi connectivity index (χ1) is 9.56. The third-order valence-electron chi connectivity index (χ3n) is 2.93. The fourth-order valence-corrected chi connectivity index (χ4v) is 2.58. The standard InChI is InChI=1S/C14H8BrClN2O2/c15-7-4-5-10(16)9(6-7)13-17-11-3-1-2-8(14(19)20)12(11)18-13/h1-6H,(H,17,18)(H,19,20). The molecule has 0 aliphatic rings. The molecule has 1 heterocycles. The highest BCUT2D eigenvalue weighted by Crippen LogP contribution is 2.30. The Morgan fingerprint density at radius 3 is 2.85 bits per heavy atom. The molecule has 2 aromatic carbocycles. The van der Waals surface area contributed by atoms with Crippen molar-refractivity contribution in [3.05, 3.63) is 51.5 Å². The van der Waals surface area contributed by atoms with Crippen LogP contribution in [-0.4, -0.2) is 21.0 Å². The number of rotatable bonds is 2. The summed E-state index contributed by atoms with van der Waals surface area (Å²) < 4.78 is 0.871. The SMILES string of the molecule is O=C(O)c1cccc2[nH]c(-c3cc(Br)ccc3Cl)nc12. The molecule has 100 valence electrons. The first kappa shape index (κ1) is 13.1. The molecule has 0 unspecified atom stereocenters. The highest BCUT2D eigenvalue weighted by Gasteiger charge is 2.14. The van der Waals surface area contributed by atoms with Crippen LogP contribution in [0.25, 0.3) is 22.4 Å². The van der Waals surface area contributed by atoms with E-state index in [4.69, 9.17) is 11.6 Å². The van der Waals surface area contributed by atoms with Gasteiger partial charge in [-0.2, -0.15) is 0 Å². The first-order valence-electron chi connectivity index (χ1n) is 5.73. The van der Waals surface area contributed by atoms with Gasteiger partial charge in [0, 0.05) is 10.0 Å². The number of nitrogens with zero attached hydrogens (tertiary/aromatic N) is 1. The van der Waals surface area contributed by atoms with E-state index < -0.39 is 5.97 Å². The molecule has 4 nitrogen and oxygen atoms in total. The van der Waals surface area contributed by atoms with E-state index in [1.807, 2.05) is 12.1 Å². The zero-order valence-electron chi connectivity index (χ0n) is 10.0. The number of imidazole rings is 1. The number of hydrogen-bond acceptors (Lipinski definition) is 2. The zero-order valence-corrected chi connectivity index (χ0v) is 12.4. The molecule has 0 saturated heterocycles. The number of carboxylic acid groups (broad SMARTS) is 1. The first-order valence-corrected chi connectivity index (χ1v) is 6.91. The van der Waals surface area contributed by atoms with Gasteiger partial charge in [-0.25, -0.2) is 9.78 Å². The summed E-state index contributed by atoms with van der Waals surface area (Å²) in [6.45, 7) is 0. The van der Waals surface area contributed by atoms with E-state index in [-0.39, 0.29) is 5.56 Å². The number of aromatic carboxylic acids is 1. The second-order valence-corrected chi connectivity index (χ2v) is 5.54.